The predicted molar refractivity (Wildman–Crippen MR) is 96.4 cm³/mol. The van der Waals surface area contributed by atoms with Crippen LogP contribution >= 0.6 is 0 Å². The maximum Gasteiger partial charge on any atom is 0.308 e. The fraction of sp³-hybridized carbons (Fsp3) is 0.600. The maximum atomic E-state index is 12.6. The molecule has 142 valence electrons. The van der Waals surface area contributed by atoms with Gasteiger partial charge in [-0.05, 0) is 56.9 Å². The number of benzene rings is 1. The van der Waals surface area contributed by atoms with Crippen molar-refractivity contribution < 1.29 is 24.2 Å². The van der Waals surface area contributed by atoms with E-state index in [1.54, 1.807) is 24.3 Å². The molecule has 6 heteroatoms. The largest absolute Gasteiger partial charge is 0.491 e. The van der Waals surface area contributed by atoms with E-state index in [4.69, 9.17) is 9.47 Å². The van der Waals surface area contributed by atoms with Crippen molar-refractivity contribution in [1.29, 1.82) is 0 Å². The number of ether oxygens (including phenoxy) is 2. The van der Waals surface area contributed by atoms with Crippen molar-refractivity contribution in [2.75, 3.05) is 13.2 Å². The van der Waals surface area contributed by atoms with Crippen molar-refractivity contribution in [2.45, 2.75) is 57.1 Å². The number of nitrogens with one attached hydrogen (secondary N) is 1. The van der Waals surface area contributed by atoms with Crippen LogP contribution in [0.4, 0.5) is 0 Å². The summed E-state index contributed by atoms with van der Waals surface area (Å²) in [6, 6.07) is 6.95. The van der Waals surface area contributed by atoms with E-state index < -0.39 is 17.4 Å². The molecular formula is C20H27NO5. The third kappa shape index (κ3) is 4.36. The molecular weight excluding hydrogens is 334 g/mol. The first-order valence-corrected chi connectivity index (χ1v) is 9.38. The van der Waals surface area contributed by atoms with Crippen LogP contribution in [-0.4, -0.2) is 41.8 Å². The summed E-state index contributed by atoms with van der Waals surface area (Å²) in [6.07, 6.45) is 5.33. The lowest BCUT2D eigenvalue weighted by Gasteiger charge is -2.39. The Morgan fingerprint density at radius 2 is 2.00 bits per heavy atom. The van der Waals surface area contributed by atoms with Crippen molar-refractivity contribution in [1.82, 2.24) is 5.32 Å². The molecule has 1 aromatic carbocycles. The van der Waals surface area contributed by atoms with Crippen LogP contribution in [0.25, 0.3) is 0 Å². The van der Waals surface area contributed by atoms with Gasteiger partial charge in [-0.3, -0.25) is 9.59 Å². The number of carboxylic acid groups (broad SMARTS) is 1. The quantitative estimate of drug-likeness (QED) is 0.814. The molecule has 2 fully saturated rings. The average Bonchev–Trinajstić information content (AvgIpc) is 3.13. The number of carbonyl (C=O) groups excluding carboxylic acids is 1. The van der Waals surface area contributed by atoms with Gasteiger partial charge in [-0.2, -0.15) is 0 Å². The molecule has 0 bridgehead atoms. The van der Waals surface area contributed by atoms with Crippen LogP contribution in [0.5, 0.6) is 5.75 Å². The van der Waals surface area contributed by atoms with E-state index in [2.05, 4.69) is 5.32 Å². The lowest BCUT2D eigenvalue weighted by atomic mass is 9.73. The van der Waals surface area contributed by atoms with Gasteiger partial charge in [0, 0.05) is 12.2 Å². The van der Waals surface area contributed by atoms with E-state index in [1.165, 1.54) is 0 Å². The monoisotopic (exact) mass is 361 g/mol. The second-order valence-electron chi connectivity index (χ2n) is 7.48. The van der Waals surface area contributed by atoms with E-state index in [-0.39, 0.29) is 12.0 Å². The van der Waals surface area contributed by atoms with E-state index >= 15 is 0 Å². The zero-order valence-corrected chi connectivity index (χ0v) is 15.2. The Kier molecular flexibility index (Phi) is 5.81. The summed E-state index contributed by atoms with van der Waals surface area (Å²) in [5.41, 5.74) is -0.207. The van der Waals surface area contributed by atoms with E-state index in [0.717, 1.165) is 32.3 Å². The first-order valence-electron chi connectivity index (χ1n) is 9.38. The highest BCUT2D eigenvalue weighted by atomic mass is 16.5. The molecule has 26 heavy (non-hydrogen) atoms. The van der Waals surface area contributed by atoms with Gasteiger partial charge in [-0.15, -0.1) is 0 Å². The van der Waals surface area contributed by atoms with Crippen LogP contribution in [0, 0.1) is 5.92 Å². The second kappa shape index (κ2) is 8.08. The van der Waals surface area contributed by atoms with Crippen LogP contribution in [-0.2, 0) is 9.53 Å². The molecule has 0 spiro atoms. The topological polar surface area (TPSA) is 84.9 Å². The summed E-state index contributed by atoms with van der Waals surface area (Å²) in [6.45, 7) is 3.15. The molecule has 6 nitrogen and oxygen atoms in total. The third-order valence-corrected chi connectivity index (χ3v) is 5.48. The second-order valence-corrected chi connectivity index (χ2v) is 7.48. The smallest absolute Gasteiger partial charge is 0.308 e. The molecule has 3 rings (SSSR count). The van der Waals surface area contributed by atoms with Crippen molar-refractivity contribution in [2.24, 2.45) is 5.92 Å². The van der Waals surface area contributed by atoms with Gasteiger partial charge in [-0.1, -0.05) is 12.8 Å². The Morgan fingerprint density at radius 1 is 1.23 bits per heavy atom. The summed E-state index contributed by atoms with van der Waals surface area (Å²) in [7, 11) is 0. The Bertz CT molecular complexity index is 638. The van der Waals surface area contributed by atoms with Gasteiger partial charge in [-0.25, -0.2) is 0 Å². The normalized spacial score (nSPS) is 28.5. The Hall–Kier alpha value is -2.08. The molecule has 1 aromatic rings. The summed E-state index contributed by atoms with van der Waals surface area (Å²) in [4.78, 5) is 24.1. The number of rotatable bonds is 6. The molecule has 2 aliphatic rings. The zero-order chi connectivity index (χ0) is 18.6. The number of amides is 1. The van der Waals surface area contributed by atoms with Gasteiger partial charge < -0.3 is 19.9 Å². The molecule has 1 heterocycles. The highest BCUT2D eigenvalue weighted by molar-refractivity contribution is 5.95. The summed E-state index contributed by atoms with van der Waals surface area (Å²) >= 11 is 0. The molecule has 1 saturated heterocycles. The maximum absolute atomic E-state index is 12.6. The Labute approximate surface area is 153 Å². The van der Waals surface area contributed by atoms with Crippen molar-refractivity contribution in [3.63, 3.8) is 0 Å². The van der Waals surface area contributed by atoms with Gasteiger partial charge >= 0.3 is 5.97 Å². The van der Waals surface area contributed by atoms with Crippen LogP contribution in [0.15, 0.2) is 24.3 Å². The molecule has 0 aromatic heterocycles. The van der Waals surface area contributed by atoms with E-state index in [0.29, 0.717) is 30.8 Å². The van der Waals surface area contributed by atoms with Gasteiger partial charge in [0.15, 0.2) is 0 Å². The van der Waals surface area contributed by atoms with Crippen LogP contribution in [0.1, 0.15) is 55.8 Å². The molecule has 2 N–H and O–H groups in total. The predicted octanol–water partition coefficient (Wildman–Crippen LogP) is 3.01. The standard InChI is InChI=1S/C20H27NO5/c1-20(11-3-2-6-17(20)19(23)24)21-18(22)14-7-9-15(10-8-14)26-13-16-5-4-12-25-16/h7-10,16-17H,2-6,11-13H2,1H3,(H,21,22)(H,23,24). The Morgan fingerprint density at radius 3 is 2.65 bits per heavy atom. The molecule has 1 saturated carbocycles. The number of hydrogen-bond acceptors (Lipinski definition) is 4. The van der Waals surface area contributed by atoms with Crippen molar-refractivity contribution in [3.8, 4) is 5.75 Å². The SMILES string of the molecule is CC1(NC(=O)c2ccc(OCC3CCCO3)cc2)CCCCC1C(=O)O. The molecule has 1 aliphatic heterocycles. The first-order chi connectivity index (χ1) is 12.5. The number of aliphatic carboxylic acids is 1. The van der Waals surface area contributed by atoms with Crippen LogP contribution in [0.2, 0.25) is 0 Å². The number of carbonyl (C=O) groups is 2. The minimum atomic E-state index is -0.842. The molecule has 1 aliphatic carbocycles. The minimum absolute atomic E-state index is 0.150. The van der Waals surface area contributed by atoms with Gasteiger partial charge in [0.1, 0.15) is 12.4 Å². The Balaban J connectivity index is 1.59. The summed E-state index contributed by atoms with van der Waals surface area (Å²) in [5.74, 6) is -0.935. The number of carboxylic acids is 1. The summed E-state index contributed by atoms with van der Waals surface area (Å²) < 4.78 is 11.2. The van der Waals surface area contributed by atoms with E-state index in [9.17, 15) is 14.7 Å². The lowest BCUT2D eigenvalue weighted by Crippen LogP contribution is -2.55. The first kappa shape index (κ1) is 18.7. The van der Waals surface area contributed by atoms with Gasteiger partial charge in [0.25, 0.3) is 5.91 Å². The fourth-order valence-electron chi connectivity index (χ4n) is 3.88. The third-order valence-electron chi connectivity index (χ3n) is 5.48. The lowest BCUT2D eigenvalue weighted by molar-refractivity contribution is -0.145. The molecule has 3 unspecified atom stereocenters. The van der Waals surface area contributed by atoms with Crippen LogP contribution < -0.4 is 10.1 Å². The molecule has 0 radical (unpaired) electrons. The van der Waals surface area contributed by atoms with E-state index in [1.807, 2.05) is 6.92 Å². The number of hydrogen-bond donors (Lipinski definition) is 2. The molecule has 1 amide bonds. The van der Waals surface area contributed by atoms with Gasteiger partial charge in [0.05, 0.1) is 17.6 Å². The highest BCUT2D eigenvalue weighted by Gasteiger charge is 2.42. The van der Waals surface area contributed by atoms with Gasteiger partial charge in [0.2, 0.25) is 0 Å². The summed E-state index contributed by atoms with van der Waals surface area (Å²) in [5, 5.41) is 12.4. The fourth-order valence-corrected chi connectivity index (χ4v) is 3.88. The molecule has 3 atom stereocenters. The zero-order valence-electron chi connectivity index (χ0n) is 15.2. The van der Waals surface area contributed by atoms with Crippen molar-refractivity contribution >= 4 is 11.9 Å². The van der Waals surface area contributed by atoms with Crippen LogP contribution in [0.3, 0.4) is 0 Å². The van der Waals surface area contributed by atoms with Crippen molar-refractivity contribution in [3.05, 3.63) is 29.8 Å². The minimum Gasteiger partial charge on any atom is -0.491 e. The average molecular weight is 361 g/mol. The highest BCUT2D eigenvalue weighted by Crippen LogP contribution is 2.34.